The summed E-state index contributed by atoms with van der Waals surface area (Å²) in [6.45, 7) is 7.20. The summed E-state index contributed by atoms with van der Waals surface area (Å²) in [5.41, 5.74) is 4.82. The molecule has 2 heteroatoms. The van der Waals surface area contributed by atoms with Gasteiger partial charge in [-0.1, -0.05) is 44.2 Å². The molecule has 1 N–H and O–H groups in total. The summed E-state index contributed by atoms with van der Waals surface area (Å²) in [4.78, 5) is 0. The maximum atomic E-state index is 13.5. The minimum Gasteiger partial charge on any atom is -0.310 e. The molecule has 1 unspecified atom stereocenters. The summed E-state index contributed by atoms with van der Waals surface area (Å²) in [5, 5.41) is 3.51. The number of aryl methyl sites for hydroxylation is 2. The van der Waals surface area contributed by atoms with Gasteiger partial charge in [-0.05, 0) is 60.7 Å². The van der Waals surface area contributed by atoms with Gasteiger partial charge in [-0.2, -0.15) is 0 Å². The number of hydrogen-bond acceptors (Lipinski definition) is 1. The van der Waals surface area contributed by atoms with Crippen LogP contribution < -0.4 is 5.32 Å². The van der Waals surface area contributed by atoms with Gasteiger partial charge in [-0.15, -0.1) is 0 Å². The molecule has 0 spiro atoms. The minimum absolute atomic E-state index is 0.160. The van der Waals surface area contributed by atoms with Crippen LogP contribution >= 0.6 is 0 Å². The van der Waals surface area contributed by atoms with E-state index in [2.05, 4.69) is 43.4 Å². The number of hydrogen-bond donors (Lipinski definition) is 1. The smallest absolute Gasteiger partial charge is 0.123 e. The molecule has 0 heterocycles. The van der Waals surface area contributed by atoms with Crippen LogP contribution in [0, 0.1) is 12.7 Å². The highest BCUT2D eigenvalue weighted by molar-refractivity contribution is 5.31. The summed E-state index contributed by atoms with van der Waals surface area (Å²) in [6, 6.07) is 14.0. The van der Waals surface area contributed by atoms with Gasteiger partial charge >= 0.3 is 0 Å². The Morgan fingerprint density at radius 2 is 1.76 bits per heavy atom. The molecule has 0 saturated heterocycles. The fraction of sp³-hybridized carbons (Fsp3) is 0.368. The van der Waals surface area contributed by atoms with Crippen LogP contribution in [0.25, 0.3) is 0 Å². The molecule has 2 rings (SSSR count). The largest absolute Gasteiger partial charge is 0.310 e. The van der Waals surface area contributed by atoms with Crippen LogP contribution in [0.3, 0.4) is 0 Å². The summed E-state index contributed by atoms with van der Waals surface area (Å²) < 4.78 is 13.5. The molecule has 0 saturated carbocycles. The average molecular weight is 285 g/mol. The van der Waals surface area contributed by atoms with Crippen LogP contribution in [0.5, 0.6) is 0 Å². The first-order valence-electron chi connectivity index (χ1n) is 7.71. The Bertz CT molecular complexity index is 575. The Morgan fingerprint density at radius 1 is 1.05 bits per heavy atom. The first kappa shape index (κ1) is 15.7. The highest BCUT2D eigenvalue weighted by Crippen LogP contribution is 2.22. The molecule has 21 heavy (non-hydrogen) atoms. The second-order valence-electron chi connectivity index (χ2n) is 5.48. The number of likely N-dealkylation sites (N-methyl/N-ethyl adjacent to an activating group) is 1. The molecule has 0 fully saturated rings. The molecule has 2 aromatic carbocycles. The van der Waals surface area contributed by atoms with Crippen LogP contribution in [0.4, 0.5) is 4.39 Å². The Balaban J connectivity index is 2.23. The lowest BCUT2D eigenvalue weighted by Gasteiger charge is -2.20. The van der Waals surface area contributed by atoms with Gasteiger partial charge in [-0.25, -0.2) is 4.39 Å². The first-order chi connectivity index (χ1) is 10.1. The van der Waals surface area contributed by atoms with Crippen LogP contribution in [-0.2, 0) is 12.8 Å². The summed E-state index contributed by atoms with van der Waals surface area (Å²) in [7, 11) is 0. The van der Waals surface area contributed by atoms with Crippen LogP contribution in [0.15, 0.2) is 42.5 Å². The van der Waals surface area contributed by atoms with Crippen molar-refractivity contribution in [3.63, 3.8) is 0 Å². The van der Waals surface area contributed by atoms with Crippen LogP contribution in [0.2, 0.25) is 0 Å². The van der Waals surface area contributed by atoms with Crippen LogP contribution in [0.1, 0.15) is 42.1 Å². The van der Waals surface area contributed by atoms with E-state index in [1.54, 1.807) is 6.07 Å². The minimum atomic E-state index is -0.160. The van der Waals surface area contributed by atoms with Crippen LogP contribution in [-0.4, -0.2) is 6.54 Å². The third-order valence-corrected chi connectivity index (χ3v) is 3.98. The molecule has 1 atom stereocenters. The first-order valence-corrected chi connectivity index (χ1v) is 7.71. The quantitative estimate of drug-likeness (QED) is 0.818. The zero-order chi connectivity index (χ0) is 15.2. The van der Waals surface area contributed by atoms with E-state index in [-0.39, 0.29) is 11.9 Å². The summed E-state index contributed by atoms with van der Waals surface area (Å²) in [6.07, 6.45) is 1.86. The summed E-state index contributed by atoms with van der Waals surface area (Å²) in [5.74, 6) is -0.160. The molecule has 0 aliphatic rings. The van der Waals surface area contributed by atoms with Gasteiger partial charge in [0.1, 0.15) is 5.82 Å². The number of halogens is 1. The topological polar surface area (TPSA) is 12.0 Å². The molecule has 2 aromatic rings. The summed E-state index contributed by atoms with van der Waals surface area (Å²) >= 11 is 0. The van der Waals surface area contributed by atoms with Crippen molar-refractivity contribution in [2.24, 2.45) is 0 Å². The second-order valence-corrected chi connectivity index (χ2v) is 5.48. The lowest BCUT2D eigenvalue weighted by atomic mass is 9.95. The molecule has 0 aromatic heterocycles. The average Bonchev–Trinajstić information content (AvgIpc) is 2.50. The molecule has 1 nitrogen and oxygen atoms in total. The van der Waals surface area contributed by atoms with Crippen molar-refractivity contribution in [2.45, 2.75) is 39.7 Å². The predicted molar refractivity (Wildman–Crippen MR) is 87.1 cm³/mol. The van der Waals surface area contributed by atoms with Crippen molar-refractivity contribution < 1.29 is 4.39 Å². The maximum absolute atomic E-state index is 13.5. The van der Waals surface area contributed by atoms with Gasteiger partial charge < -0.3 is 5.32 Å². The fourth-order valence-corrected chi connectivity index (χ4v) is 2.62. The molecular weight excluding hydrogens is 261 g/mol. The van der Waals surface area contributed by atoms with Crippen molar-refractivity contribution in [3.05, 3.63) is 70.5 Å². The Labute approximate surface area is 127 Å². The molecule has 0 aliphatic heterocycles. The van der Waals surface area contributed by atoms with E-state index >= 15 is 0 Å². The predicted octanol–water partition coefficient (Wildman–Crippen LogP) is 4.59. The lowest BCUT2D eigenvalue weighted by Crippen LogP contribution is -2.23. The third kappa shape index (κ3) is 4.15. The van der Waals surface area contributed by atoms with Crippen molar-refractivity contribution in [3.8, 4) is 0 Å². The Morgan fingerprint density at radius 3 is 2.38 bits per heavy atom. The molecule has 0 bridgehead atoms. The molecule has 112 valence electrons. The van der Waals surface area contributed by atoms with Crippen molar-refractivity contribution in [1.29, 1.82) is 0 Å². The van der Waals surface area contributed by atoms with Gasteiger partial charge in [0, 0.05) is 6.04 Å². The number of benzene rings is 2. The van der Waals surface area contributed by atoms with E-state index < -0.39 is 0 Å². The monoisotopic (exact) mass is 285 g/mol. The molecular formula is C19H24FN. The fourth-order valence-electron chi connectivity index (χ4n) is 2.62. The van der Waals surface area contributed by atoms with E-state index in [4.69, 9.17) is 0 Å². The Kier molecular flexibility index (Phi) is 5.51. The van der Waals surface area contributed by atoms with Gasteiger partial charge in [0.15, 0.2) is 0 Å². The normalized spacial score (nSPS) is 12.4. The third-order valence-electron chi connectivity index (χ3n) is 3.98. The highest BCUT2D eigenvalue weighted by Gasteiger charge is 2.13. The molecule has 0 aliphatic carbocycles. The molecule has 0 radical (unpaired) electrons. The lowest BCUT2D eigenvalue weighted by molar-refractivity contribution is 0.545. The number of rotatable bonds is 6. The standard InChI is InChI=1S/C19H24FN/c1-4-15-7-9-16(10-8-15)19(21-5-2)13-17-12-18(20)11-6-14(17)3/h6-12,19,21H,4-5,13H2,1-3H3. The Hall–Kier alpha value is -1.67. The van der Waals surface area contributed by atoms with Crippen molar-refractivity contribution >= 4 is 0 Å². The van der Waals surface area contributed by atoms with Gasteiger partial charge in [0.05, 0.1) is 0 Å². The van der Waals surface area contributed by atoms with Crippen molar-refractivity contribution in [1.82, 2.24) is 5.32 Å². The van der Waals surface area contributed by atoms with E-state index in [0.29, 0.717) is 0 Å². The highest BCUT2D eigenvalue weighted by atomic mass is 19.1. The van der Waals surface area contributed by atoms with Gasteiger partial charge in [0.25, 0.3) is 0 Å². The zero-order valence-electron chi connectivity index (χ0n) is 13.1. The van der Waals surface area contributed by atoms with Crippen molar-refractivity contribution in [2.75, 3.05) is 6.54 Å². The number of nitrogens with one attached hydrogen (secondary N) is 1. The molecule has 0 amide bonds. The van der Waals surface area contributed by atoms with E-state index in [1.807, 2.05) is 13.0 Å². The van der Waals surface area contributed by atoms with E-state index in [0.717, 1.165) is 30.5 Å². The van der Waals surface area contributed by atoms with E-state index in [1.165, 1.54) is 17.2 Å². The van der Waals surface area contributed by atoms with E-state index in [9.17, 15) is 4.39 Å². The van der Waals surface area contributed by atoms with Gasteiger partial charge in [-0.3, -0.25) is 0 Å². The second kappa shape index (κ2) is 7.37. The van der Waals surface area contributed by atoms with Gasteiger partial charge in [0.2, 0.25) is 0 Å². The maximum Gasteiger partial charge on any atom is 0.123 e. The SMILES string of the molecule is CCNC(Cc1cc(F)ccc1C)c1ccc(CC)cc1. The zero-order valence-corrected chi connectivity index (χ0v) is 13.1.